The minimum absolute atomic E-state index is 0.717. The quantitative estimate of drug-likeness (QED) is 0.595. The summed E-state index contributed by atoms with van der Waals surface area (Å²) in [6.07, 6.45) is 3.54. The molecule has 0 saturated carbocycles. The van der Waals surface area contributed by atoms with Crippen molar-refractivity contribution in [3.63, 3.8) is 0 Å². The van der Waals surface area contributed by atoms with Gasteiger partial charge in [0.2, 0.25) is 0 Å². The van der Waals surface area contributed by atoms with Crippen LogP contribution in [0.1, 0.15) is 11.4 Å². The lowest BCUT2D eigenvalue weighted by Gasteiger charge is -2.08. The largest absolute Gasteiger partial charge is 0.337 e. The number of aryl methyl sites for hydroxylation is 1. The standard InChI is InChI=1S/C18H15N5/c1-3-15-14-7-6-13(10-12(14)9-11(2)20-15)21-18-17-16(22-23-18)5-4-8-19-17/h3-10H,1H2,2H3,(H2,21,22,23). The maximum Gasteiger partial charge on any atom is 0.178 e. The summed E-state index contributed by atoms with van der Waals surface area (Å²) in [4.78, 5) is 8.86. The van der Waals surface area contributed by atoms with Crippen molar-refractivity contribution in [1.29, 1.82) is 0 Å². The summed E-state index contributed by atoms with van der Waals surface area (Å²) in [5.74, 6) is 0.717. The highest BCUT2D eigenvalue weighted by atomic mass is 15.2. The number of benzene rings is 1. The van der Waals surface area contributed by atoms with Crippen LogP contribution < -0.4 is 5.32 Å². The zero-order chi connectivity index (χ0) is 15.8. The number of fused-ring (bicyclic) bond motifs is 2. The predicted octanol–water partition coefficient (Wildman–Crippen LogP) is 4.20. The molecule has 0 bridgehead atoms. The van der Waals surface area contributed by atoms with Crippen LogP contribution in [0.15, 0.2) is 49.2 Å². The highest BCUT2D eigenvalue weighted by molar-refractivity contribution is 5.93. The molecule has 4 rings (SSSR count). The topological polar surface area (TPSA) is 66.5 Å². The van der Waals surface area contributed by atoms with Crippen LogP contribution in [0, 0.1) is 6.92 Å². The number of H-pyrrole nitrogens is 1. The van der Waals surface area contributed by atoms with Crippen LogP contribution in [0.3, 0.4) is 0 Å². The Bertz CT molecular complexity index is 1030. The Balaban J connectivity index is 1.79. The normalized spacial score (nSPS) is 11.0. The van der Waals surface area contributed by atoms with Crippen LogP contribution in [-0.4, -0.2) is 20.2 Å². The van der Waals surface area contributed by atoms with Crippen LogP contribution in [0.2, 0.25) is 0 Å². The molecule has 1 aromatic carbocycles. The first kappa shape index (κ1) is 13.5. The van der Waals surface area contributed by atoms with E-state index in [2.05, 4.69) is 44.2 Å². The highest BCUT2D eigenvalue weighted by Crippen LogP contribution is 2.26. The van der Waals surface area contributed by atoms with Crippen molar-refractivity contribution in [2.75, 3.05) is 5.32 Å². The number of hydrogen-bond acceptors (Lipinski definition) is 4. The first-order valence-electron chi connectivity index (χ1n) is 7.34. The summed E-state index contributed by atoms with van der Waals surface area (Å²) in [5.41, 5.74) is 4.56. The van der Waals surface area contributed by atoms with Crippen molar-refractivity contribution < 1.29 is 0 Å². The Morgan fingerprint density at radius 1 is 1.22 bits per heavy atom. The third-order valence-corrected chi connectivity index (χ3v) is 3.76. The molecule has 2 N–H and O–H groups in total. The van der Waals surface area contributed by atoms with E-state index in [0.29, 0.717) is 0 Å². The van der Waals surface area contributed by atoms with Crippen molar-refractivity contribution in [2.45, 2.75) is 6.92 Å². The van der Waals surface area contributed by atoms with Gasteiger partial charge in [-0.3, -0.25) is 15.1 Å². The van der Waals surface area contributed by atoms with Crippen molar-refractivity contribution >= 4 is 39.4 Å². The molecule has 112 valence electrons. The number of aromatic amines is 1. The van der Waals surface area contributed by atoms with Crippen molar-refractivity contribution in [3.05, 3.63) is 60.6 Å². The molecule has 0 aliphatic carbocycles. The molecular formula is C18H15N5. The van der Waals surface area contributed by atoms with Gasteiger partial charge in [-0.15, -0.1) is 0 Å². The van der Waals surface area contributed by atoms with Gasteiger partial charge in [-0.1, -0.05) is 12.6 Å². The summed E-state index contributed by atoms with van der Waals surface area (Å²) >= 11 is 0. The number of rotatable bonds is 3. The van der Waals surface area contributed by atoms with Gasteiger partial charge < -0.3 is 5.32 Å². The Kier molecular flexibility index (Phi) is 3.05. The Hall–Kier alpha value is -3.21. The van der Waals surface area contributed by atoms with Crippen LogP contribution in [0.25, 0.3) is 27.9 Å². The maximum absolute atomic E-state index is 4.50. The molecule has 0 unspecified atom stereocenters. The molecule has 0 fully saturated rings. The van der Waals surface area contributed by atoms with E-state index in [1.54, 1.807) is 12.3 Å². The molecule has 23 heavy (non-hydrogen) atoms. The van der Waals surface area contributed by atoms with Gasteiger partial charge in [0.05, 0.1) is 11.2 Å². The van der Waals surface area contributed by atoms with E-state index in [1.807, 2.05) is 31.2 Å². The SMILES string of the molecule is C=Cc1nc(C)cc2cc(Nc3n[nH]c4cccnc34)ccc12. The molecule has 4 aromatic rings. The molecule has 0 aliphatic heterocycles. The van der Waals surface area contributed by atoms with Gasteiger partial charge in [0.15, 0.2) is 5.82 Å². The van der Waals surface area contributed by atoms with Gasteiger partial charge in [0, 0.05) is 23.0 Å². The molecule has 0 saturated heterocycles. The van der Waals surface area contributed by atoms with E-state index in [-0.39, 0.29) is 0 Å². The van der Waals surface area contributed by atoms with Crippen LogP contribution in [0.4, 0.5) is 11.5 Å². The summed E-state index contributed by atoms with van der Waals surface area (Å²) < 4.78 is 0. The lowest BCUT2D eigenvalue weighted by Crippen LogP contribution is -1.93. The molecule has 0 atom stereocenters. The molecule has 0 spiro atoms. The zero-order valence-electron chi connectivity index (χ0n) is 12.7. The minimum atomic E-state index is 0.717. The summed E-state index contributed by atoms with van der Waals surface area (Å²) in [6.45, 7) is 5.82. The monoisotopic (exact) mass is 301 g/mol. The van der Waals surface area contributed by atoms with E-state index in [4.69, 9.17) is 0 Å². The third kappa shape index (κ3) is 2.32. The second-order valence-corrected chi connectivity index (χ2v) is 5.39. The predicted molar refractivity (Wildman–Crippen MR) is 93.7 cm³/mol. The van der Waals surface area contributed by atoms with Crippen molar-refractivity contribution in [2.24, 2.45) is 0 Å². The molecule has 0 amide bonds. The first-order chi connectivity index (χ1) is 11.2. The van der Waals surface area contributed by atoms with Gasteiger partial charge in [0.25, 0.3) is 0 Å². The van der Waals surface area contributed by atoms with Crippen LogP contribution >= 0.6 is 0 Å². The minimum Gasteiger partial charge on any atom is -0.337 e. The number of aromatic nitrogens is 4. The number of pyridine rings is 2. The molecular weight excluding hydrogens is 286 g/mol. The highest BCUT2D eigenvalue weighted by Gasteiger charge is 2.08. The average Bonchev–Trinajstić information content (AvgIpc) is 2.97. The zero-order valence-corrected chi connectivity index (χ0v) is 12.7. The molecule has 3 aromatic heterocycles. The average molecular weight is 301 g/mol. The van der Waals surface area contributed by atoms with Gasteiger partial charge in [0.1, 0.15) is 5.52 Å². The Labute approximate surface area is 133 Å². The smallest absolute Gasteiger partial charge is 0.178 e. The van der Waals surface area contributed by atoms with Gasteiger partial charge in [-0.05, 0) is 48.7 Å². The molecule has 5 nitrogen and oxygen atoms in total. The van der Waals surface area contributed by atoms with E-state index in [9.17, 15) is 0 Å². The maximum atomic E-state index is 4.50. The lowest BCUT2D eigenvalue weighted by molar-refractivity contribution is 1.12. The fourth-order valence-electron chi connectivity index (χ4n) is 2.73. The van der Waals surface area contributed by atoms with E-state index in [1.165, 1.54) is 0 Å². The fourth-order valence-corrected chi connectivity index (χ4v) is 2.73. The van der Waals surface area contributed by atoms with Crippen molar-refractivity contribution in [3.8, 4) is 0 Å². The van der Waals surface area contributed by atoms with Gasteiger partial charge in [-0.25, -0.2) is 0 Å². The van der Waals surface area contributed by atoms with Crippen LogP contribution in [0.5, 0.6) is 0 Å². The molecule has 0 aliphatic rings. The number of nitrogens with one attached hydrogen (secondary N) is 2. The Morgan fingerprint density at radius 2 is 2.13 bits per heavy atom. The molecule has 5 heteroatoms. The first-order valence-corrected chi connectivity index (χ1v) is 7.34. The van der Waals surface area contributed by atoms with Gasteiger partial charge >= 0.3 is 0 Å². The van der Waals surface area contributed by atoms with Crippen molar-refractivity contribution in [1.82, 2.24) is 20.2 Å². The second-order valence-electron chi connectivity index (χ2n) is 5.39. The fraction of sp³-hybridized carbons (Fsp3) is 0.0556. The van der Waals surface area contributed by atoms with E-state index >= 15 is 0 Å². The van der Waals surface area contributed by atoms with Gasteiger partial charge in [-0.2, -0.15) is 5.10 Å². The number of hydrogen-bond donors (Lipinski definition) is 2. The molecule has 0 radical (unpaired) electrons. The third-order valence-electron chi connectivity index (χ3n) is 3.76. The van der Waals surface area contributed by atoms with Crippen LogP contribution in [-0.2, 0) is 0 Å². The number of anilines is 2. The number of nitrogens with zero attached hydrogens (tertiary/aromatic N) is 3. The van der Waals surface area contributed by atoms with E-state index < -0.39 is 0 Å². The summed E-state index contributed by atoms with van der Waals surface area (Å²) in [6, 6.07) is 12.0. The van der Waals surface area contributed by atoms with E-state index in [0.717, 1.165) is 44.7 Å². The second kappa shape index (κ2) is 5.21. The Morgan fingerprint density at radius 3 is 3.00 bits per heavy atom. The summed E-state index contributed by atoms with van der Waals surface area (Å²) in [7, 11) is 0. The lowest BCUT2D eigenvalue weighted by atomic mass is 10.1. The summed E-state index contributed by atoms with van der Waals surface area (Å²) in [5, 5.41) is 12.8. The molecule has 3 heterocycles.